The minimum absolute atomic E-state index is 0.0540. The van der Waals surface area contributed by atoms with Gasteiger partial charge in [0.2, 0.25) is 5.79 Å². The van der Waals surface area contributed by atoms with Gasteiger partial charge in [0.05, 0.1) is 44.2 Å². The van der Waals surface area contributed by atoms with Gasteiger partial charge in [0.15, 0.2) is 12.1 Å². The van der Waals surface area contributed by atoms with Gasteiger partial charge in [-0.05, 0) is 60.4 Å². The second-order valence-electron chi connectivity index (χ2n) is 17.8. The van der Waals surface area contributed by atoms with E-state index in [0.29, 0.717) is 11.1 Å². The summed E-state index contributed by atoms with van der Waals surface area (Å²) in [7, 11) is 0. The first-order chi connectivity index (χ1) is 34.2. The maximum Gasteiger partial charge on any atom is 0.338 e. The molecule has 13 nitrogen and oxygen atoms in total. The zero-order valence-corrected chi connectivity index (χ0v) is 39.2. The van der Waals surface area contributed by atoms with Crippen molar-refractivity contribution in [2.45, 2.75) is 101 Å². The molecule has 0 spiro atoms. The minimum atomic E-state index is -1.94. The molecule has 3 saturated heterocycles. The predicted molar refractivity (Wildman–Crippen MR) is 256 cm³/mol. The van der Waals surface area contributed by atoms with Crippen molar-refractivity contribution in [1.29, 1.82) is 0 Å². The van der Waals surface area contributed by atoms with Gasteiger partial charge >= 0.3 is 11.9 Å². The number of esters is 2. The summed E-state index contributed by atoms with van der Waals surface area (Å²) in [5, 5.41) is 0. The van der Waals surface area contributed by atoms with E-state index < -0.39 is 79.1 Å². The molecular formula is C57H58O13. The Bertz CT molecular complexity index is 2540. The topological polar surface area (TPSA) is 136 Å². The van der Waals surface area contributed by atoms with E-state index in [1.165, 1.54) is 0 Å². The molecule has 6 aromatic rings. The van der Waals surface area contributed by atoms with Crippen LogP contribution in [-0.4, -0.2) is 92.4 Å². The van der Waals surface area contributed by atoms with Crippen molar-refractivity contribution >= 4 is 11.9 Å². The fraction of sp³-hybridized carbons (Fsp3) is 0.333. The lowest BCUT2D eigenvalue weighted by molar-refractivity contribution is -0.399. The van der Waals surface area contributed by atoms with Crippen LogP contribution >= 0.6 is 0 Å². The minimum Gasteiger partial charge on any atom is -0.459 e. The number of carbonyl (C=O) groups is 2. The summed E-state index contributed by atoms with van der Waals surface area (Å²) in [6, 6.07) is 56.5. The molecule has 3 fully saturated rings. The third-order valence-electron chi connectivity index (χ3n) is 12.2. The second kappa shape index (κ2) is 23.2. The highest BCUT2D eigenvalue weighted by Crippen LogP contribution is 2.47. The van der Waals surface area contributed by atoms with Crippen molar-refractivity contribution in [3.8, 4) is 0 Å². The van der Waals surface area contributed by atoms with Gasteiger partial charge in [0.1, 0.15) is 55.9 Å². The van der Waals surface area contributed by atoms with E-state index in [2.05, 4.69) is 0 Å². The molecule has 0 unspecified atom stereocenters. The van der Waals surface area contributed by atoms with Crippen molar-refractivity contribution in [2.75, 3.05) is 19.8 Å². The number of hydrogen-bond acceptors (Lipinski definition) is 13. The molecule has 0 radical (unpaired) electrons. The van der Waals surface area contributed by atoms with E-state index in [0.717, 1.165) is 22.3 Å². The van der Waals surface area contributed by atoms with Gasteiger partial charge in [-0.2, -0.15) is 0 Å². The average Bonchev–Trinajstić information content (AvgIpc) is 3.87. The molecule has 6 aromatic carbocycles. The van der Waals surface area contributed by atoms with E-state index in [-0.39, 0.29) is 39.6 Å². The van der Waals surface area contributed by atoms with Crippen molar-refractivity contribution < 1.29 is 61.7 Å². The van der Waals surface area contributed by atoms with Crippen LogP contribution in [0.4, 0.5) is 0 Å². The first-order valence-corrected chi connectivity index (χ1v) is 23.6. The zero-order chi connectivity index (χ0) is 48.2. The third kappa shape index (κ3) is 12.4. The van der Waals surface area contributed by atoms with Crippen molar-refractivity contribution in [3.63, 3.8) is 0 Å². The summed E-state index contributed by atoms with van der Waals surface area (Å²) in [6.45, 7) is 3.68. The van der Waals surface area contributed by atoms with E-state index in [1.807, 2.05) is 133 Å². The van der Waals surface area contributed by atoms with Crippen LogP contribution in [0.5, 0.6) is 0 Å². The molecule has 9 atom stereocenters. The largest absolute Gasteiger partial charge is 0.459 e. The maximum absolute atomic E-state index is 13.8. The molecular weight excluding hydrogens is 893 g/mol. The fourth-order valence-corrected chi connectivity index (χ4v) is 8.84. The van der Waals surface area contributed by atoms with E-state index in [1.54, 1.807) is 62.4 Å². The molecule has 13 heteroatoms. The molecule has 3 aliphatic heterocycles. The van der Waals surface area contributed by atoms with Gasteiger partial charge in [-0.1, -0.05) is 158 Å². The van der Waals surface area contributed by atoms with Crippen LogP contribution < -0.4 is 0 Å². The van der Waals surface area contributed by atoms with Crippen LogP contribution in [0.15, 0.2) is 182 Å². The van der Waals surface area contributed by atoms with Crippen molar-refractivity contribution in [1.82, 2.24) is 0 Å². The molecule has 0 saturated carbocycles. The maximum atomic E-state index is 13.8. The monoisotopic (exact) mass is 950 g/mol. The van der Waals surface area contributed by atoms with Gasteiger partial charge in [-0.15, -0.1) is 0 Å². The number of carbonyl (C=O) groups excluding carboxylic acids is 2. The standard InChI is InChI=1S/C57H58O13/c1-56(2)68-49-47(38-64-53(58)44-29-17-7-18-30-44)67-57(52(49)69-56,39-65-54(59)45-31-19-8-20-32-45)70-55-51(63-36-43-27-15-6-16-28-43)50(62-35-42-25-13-5-14-26-42)48(61-34-41-23-11-4-12-24-41)46(66-55)37-60-33-40-21-9-3-10-22-40/h3-32,46-52,55H,33-39H2,1-2H3/t46-,47-,48-,49-,50+,51-,52-,55+,57+/m1/s1. The summed E-state index contributed by atoms with van der Waals surface area (Å²) in [5.74, 6) is -4.30. The highest BCUT2D eigenvalue weighted by atomic mass is 16.9. The quantitative estimate of drug-likeness (QED) is 0.0636. The van der Waals surface area contributed by atoms with Crippen LogP contribution in [0.25, 0.3) is 0 Å². The number of ether oxygens (including phenoxy) is 11. The molecule has 9 rings (SSSR count). The Morgan fingerprint density at radius 3 is 1.43 bits per heavy atom. The summed E-state index contributed by atoms with van der Waals surface area (Å²) < 4.78 is 73.7. The van der Waals surface area contributed by atoms with Crippen LogP contribution in [0.3, 0.4) is 0 Å². The smallest absolute Gasteiger partial charge is 0.338 e. The highest BCUT2D eigenvalue weighted by Gasteiger charge is 2.67. The van der Waals surface area contributed by atoms with Crippen LogP contribution in [0.1, 0.15) is 56.8 Å². The predicted octanol–water partition coefficient (Wildman–Crippen LogP) is 9.03. The van der Waals surface area contributed by atoms with Gasteiger partial charge in [0.25, 0.3) is 0 Å². The molecule has 70 heavy (non-hydrogen) atoms. The van der Waals surface area contributed by atoms with Crippen LogP contribution in [0.2, 0.25) is 0 Å². The average molecular weight is 951 g/mol. The Morgan fingerprint density at radius 2 is 0.914 bits per heavy atom. The Morgan fingerprint density at radius 1 is 0.471 bits per heavy atom. The number of hydrogen-bond donors (Lipinski definition) is 0. The Kier molecular flexibility index (Phi) is 16.2. The summed E-state index contributed by atoms with van der Waals surface area (Å²) in [4.78, 5) is 27.2. The molecule has 3 heterocycles. The molecule has 0 aliphatic carbocycles. The normalized spacial score (nSPS) is 25.7. The van der Waals surface area contributed by atoms with Crippen LogP contribution in [-0.2, 0) is 78.5 Å². The second-order valence-corrected chi connectivity index (χ2v) is 17.8. The summed E-state index contributed by atoms with van der Waals surface area (Å²) >= 11 is 0. The van der Waals surface area contributed by atoms with Gasteiger partial charge in [0, 0.05) is 0 Å². The van der Waals surface area contributed by atoms with Gasteiger partial charge < -0.3 is 52.1 Å². The highest BCUT2D eigenvalue weighted by molar-refractivity contribution is 5.89. The van der Waals surface area contributed by atoms with E-state index in [9.17, 15) is 9.59 Å². The summed E-state index contributed by atoms with van der Waals surface area (Å²) in [6.07, 6.45) is -7.68. The molecule has 0 bridgehead atoms. The lowest BCUT2D eigenvalue weighted by Gasteiger charge is -2.48. The molecule has 0 N–H and O–H groups in total. The van der Waals surface area contributed by atoms with E-state index >= 15 is 0 Å². The SMILES string of the molecule is CC1(C)O[C@H]2[C@@H](O1)[C@](COC(=O)c1ccccc1)(O[C@@H]1O[C@H](COCc3ccccc3)[C@@H](OCc3ccccc3)[C@H](OCc3ccccc3)[C@H]1OCc1ccccc1)O[C@@H]2COC(=O)c1ccccc1. The molecule has 0 amide bonds. The molecule has 0 aromatic heterocycles. The summed E-state index contributed by atoms with van der Waals surface area (Å²) in [5.41, 5.74) is 4.39. The lowest BCUT2D eigenvalue weighted by atomic mass is 9.97. The van der Waals surface area contributed by atoms with Crippen molar-refractivity contribution in [3.05, 3.63) is 215 Å². The number of rotatable bonds is 21. The number of benzene rings is 6. The Balaban J connectivity index is 1.10. The van der Waals surface area contributed by atoms with Crippen LogP contribution in [0, 0.1) is 0 Å². The first kappa shape index (κ1) is 48.9. The Hall–Kier alpha value is -6.10. The molecule has 3 aliphatic rings. The zero-order valence-electron chi connectivity index (χ0n) is 39.2. The third-order valence-corrected chi connectivity index (χ3v) is 12.2. The molecule has 364 valence electrons. The van der Waals surface area contributed by atoms with Gasteiger partial charge in [-0.25, -0.2) is 9.59 Å². The first-order valence-electron chi connectivity index (χ1n) is 23.6. The Labute approximate surface area is 408 Å². The fourth-order valence-electron chi connectivity index (χ4n) is 8.84. The van der Waals surface area contributed by atoms with Crippen molar-refractivity contribution in [2.24, 2.45) is 0 Å². The van der Waals surface area contributed by atoms with Gasteiger partial charge in [-0.3, -0.25) is 0 Å². The van der Waals surface area contributed by atoms with E-state index in [4.69, 9.17) is 52.1 Å². The lowest BCUT2D eigenvalue weighted by Crippen LogP contribution is -2.64. The number of fused-ring (bicyclic) bond motifs is 1.